The second-order valence-corrected chi connectivity index (χ2v) is 4.73. The van der Waals surface area contributed by atoms with Crippen molar-refractivity contribution in [2.75, 3.05) is 5.73 Å². The Hall–Kier alpha value is -2.43. The molecule has 1 aromatic carbocycles. The van der Waals surface area contributed by atoms with Crippen molar-refractivity contribution >= 4 is 11.3 Å². The van der Waals surface area contributed by atoms with E-state index in [1.807, 2.05) is 49.4 Å². The minimum atomic E-state index is 0.756. The maximum absolute atomic E-state index is 5.96. The van der Waals surface area contributed by atoms with Gasteiger partial charge in [0, 0.05) is 23.0 Å². The Morgan fingerprint density at radius 3 is 2.58 bits per heavy atom. The van der Waals surface area contributed by atoms with Crippen LogP contribution >= 0.6 is 0 Å². The molecule has 0 aliphatic rings. The first-order valence-electron chi connectivity index (χ1n) is 6.12. The lowest BCUT2D eigenvalue weighted by Crippen LogP contribution is -2.00. The molecule has 5 nitrogen and oxygen atoms in total. The second kappa shape index (κ2) is 4.05. The standard InChI is InChI=1S/C14H15N5/c1-8-4-5-11(7-12(8)15)14-18-17-13-6-9(2)16-10(3)19(13)14/h4-7H,15H2,1-3H3. The topological polar surface area (TPSA) is 69.1 Å². The van der Waals surface area contributed by atoms with Gasteiger partial charge in [0.2, 0.25) is 0 Å². The van der Waals surface area contributed by atoms with Gasteiger partial charge in [-0.3, -0.25) is 4.40 Å². The minimum Gasteiger partial charge on any atom is -0.398 e. The molecule has 0 saturated heterocycles. The third kappa shape index (κ3) is 1.83. The molecule has 0 amide bonds. The maximum atomic E-state index is 5.96. The second-order valence-electron chi connectivity index (χ2n) is 4.73. The number of aromatic nitrogens is 4. The number of nitrogen functional groups attached to an aromatic ring is 1. The van der Waals surface area contributed by atoms with Crippen LogP contribution in [0.3, 0.4) is 0 Å². The molecule has 0 saturated carbocycles. The SMILES string of the molecule is Cc1cc2nnc(-c3ccc(C)c(N)c3)n2c(C)n1. The molecule has 19 heavy (non-hydrogen) atoms. The lowest BCUT2D eigenvalue weighted by Gasteiger charge is -2.06. The Balaban J connectivity index is 2.28. The van der Waals surface area contributed by atoms with Gasteiger partial charge in [0.25, 0.3) is 0 Å². The van der Waals surface area contributed by atoms with Crippen molar-refractivity contribution in [2.45, 2.75) is 20.8 Å². The van der Waals surface area contributed by atoms with Gasteiger partial charge in [0.15, 0.2) is 11.5 Å². The van der Waals surface area contributed by atoms with Crippen LogP contribution in [0.15, 0.2) is 24.3 Å². The lowest BCUT2D eigenvalue weighted by molar-refractivity contribution is 0.962. The lowest BCUT2D eigenvalue weighted by atomic mass is 10.1. The van der Waals surface area contributed by atoms with Crippen molar-refractivity contribution in [3.05, 3.63) is 41.3 Å². The monoisotopic (exact) mass is 253 g/mol. The molecule has 3 aromatic rings. The van der Waals surface area contributed by atoms with E-state index >= 15 is 0 Å². The number of rotatable bonds is 1. The van der Waals surface area contributed by atoms with Gasteiger partial charge in [-0.25, -0.2) is 4.98 Å². The van der Waals surface area contributed by atoms with Gasteiger partial charge < -0.3 is 5.73 Å². The highest BCUT2D eigenvalue weighted by atomic mass is 15.3. The molecule has 0 aliphatic heterocycles. The van der Waals surface area contributed by atoms with Crippen LogP contribution in [0.25, 0.3) is 17.0 Å². The average molecular weight is 253 g/mol. The summed E-state index contributed by atoms with van der Waals surface area (Å²) in [7, 11) is 0. The number of hydrogen-bond donors (Lipinski definition) is 1. The Morgan fingerprint density at radius 2 is 1.84 bits per heavy atom. The summed E-state index contributed by atoms with van der Waals surface area (Å²) < 4.78 is 1.94. The minimum absolute atomic E-state index is 0.756. The van der Waals surface area contributed by atoms with Gasteiger partial charge in [-0.15, -0.1) is 10.2 Å². The van der Waals surface area contributed by atoms with E-state index in [0.717, 1.165) is 39.8 Å². The summed E-state index contributed by atoms with van der Waals surface area (Å²) in [4.78, 5) is 4.45. The molecule has 0 radical (unpaired) electrons. The molecule has 3 rings (SSSR count). The van der Waals surface area contributed by atoms with Crippen LogP contribution in [0.1, 0.15) is 17.1 Å². The Kier molecular flexibility index (Phi) is 2.48. The van der Waals surface area contributed by atoms with Gasteiger partial charge in [-0.05, 0) is 32.4 Å². The van der Waals surface area contributed by atoms with Crippen LogP contribution < -0.4 is 5.73 Å². The number of fused-ring (bicyclic) bond motifs is 1. The van der Waals surface area contributed by atoms with Crippen molar-refractivity contribution in [1.29, 1.82) is 0 Å². The van der Waals surface area contributed by atoms with Gasteiger partial charge in [0.1, 0.15) is 5.82 Å². The van der Waals surface area contributed by atoms with E-state index in [1.54, 1.807) is 0 Å². The molecule has 2 heterocycles. The summed E-state index contributed by atoms with van der Waals surface area (Å²) in [5.41, 5.74) is 10.5. The molecule has 0 unspecified atom stereocenters. The highest BCUT2D eigenvalue weighted by molar-refractivity contribution is 5.66. The molecule has 2 aromatic heterocycles. The molecule has 0 spiro atoms. The molecule has 0 aliphatic carbocycles. The molecule has 0 fully saturated rings. The Bertz CT molecular complexity index is 773. The summed E-state index contributed by atoms with van der Waals surface area (Å²) in [5.74, 6) is 1.64. The number of hydrogen-bond acceptors (Lipinski definition) is 4. The van der Waals surface area contributed by atoms with E-state index < -0.39 is 0 Å². The predicted molar refractivity (Wildman–Crippen MR) is 74.8 cm³/mol. The van der Waals surface area contributed by atoms with Gasteiger partial charge in [-0.2, -0.15) is 0 Å². The van der Waals surface area contributed by atoms with Crippen LogP contribution in [-0.2, 0) is 0 Å². The number of benzene rings is 1. The summed E-state index contributed by atoms with van der Waals surface area (Å²) in [6.07, 6.45) is 0. The van der Waals surface area contributed by atoms with Crippen molar-refractivity contribution in [3.63, 3.8) is 0 Å². The summed E-state index contributed by atoms with van der Waals surface area (Å²) in [6, 6.07) is 7.83. The average Bonchev–Trinajstić information content (AvgIpc) is 2.76. The fraction of sp³-hybridized carbons (Fsp3) is 0.214. The first kappa shape index (κ1) is 11.6. The van der Waals surface area contributed by atoms with Crippen molar-refractivity contribution in [2.24, 2.45) is 0 Å². The zero-order chi connectivity index (χ0) is 13.6. The van der Waals surface area contributed by atoms with E-state index in [0.29, 0.717) is 0 Å². The number of nitrogens with zero attached hydrogens (tertiary/aromatic N) is 4. The van der Waals surface area contributed by atoms with Crippen LogP contribution in [0, 0.1) is 20.8 Å². The van der Waals surface area contributed by atoms with E-state index in [2.05, 4.69) is 15.2 Å². The first-order chi connectivity index (χ1) is 9.06. The van der Waals surface area contributed by atoms with Crippen LogP contribution in [0.2, 0.25) is 0 Å². The number of aryl methyl sites for hydroxylation is 3. The van der Waals surface area contributed by atoms with Crippen molar-refractivity contribution in [1.82, 2.24) is 19.6 Å². The van der Waals surface area contributed by atoms with Crippen LogP contribution in [0.5, 0.6) is 0 Å². The molecule has 5 heteroatoms. The van der Waals surface area contributed by atoms with E-state index in [4.69, 9.17) is 5.73 Å². The largest absolute Gasteiger partial charge is 0.398 e. The van der Waals surface area contributed by atoms with E-state index in [-0.39, 0.29) is 0 Å². The summed E-state index contributed by atoms with van der Waals surface area (Å²) in [6.45, 7) is 5.88. The number of nitrogens with two attached hydrogens (primary N) is 1. The molecular weight excluding hydrogens is 238 g/mol. The molecule has 96 valence electrons. The Labute approximate surface area is 111 Å². The van der Waals surface area contributed by atoms with E-state index in [1.165, 1.54) is 0 Å². The normalized spacial score (nSPS) is 11.1. The van der Waals surface area contributed by atoms with Crippen molar-refractivity contribution in [3.8, 4) is 11.4 Å². The maximum Gasteiger partial charge on any atom is 0.169 e. The molecule has 0 atom stereocenters. The molecule has 0 bridgehead atoms. The quantitative estimate of drug-likeness (QED) is 0.676. The summed E-state index contributed by atoms with van der Waals surface area (Å²) in [5, 5.41) is 8.46. The van der Waals surface area contributed by atoms with Gasteiger partial charge in [-0.1, -0.05) is 12.1 Å². The summed E-state index contributed by atoms with van der Waals surface area (Å²) >= 11 is 0. The molecular formula is C14H15N5. The van der Waals surface area contributed by atoms with Crippen LogP contribution in [0.4, 0.5) is 5.69 Å². The fourth-order valence-electron chi connectivity index (χ4n) is 2.20. The third-order valence-electron chi connectivity index (χ3n) is 3.23. The fourth-order valence-corrected chi connectivity index (χ4v) is 2.20. The highest BCUT2D eigenvalue weighted by Gasteiger charge is 2.11. The zero-order valence-corrected chi connectivity index (χ0v) is 11.2. The third-order valence-corrected chi connectivity index (χ3v) is 3.23. The van der Waals surface area contributed by atoms with Gasteiger partial charge >= 0.3 is 0 Å². The Morgan fingerprint density at radius 1 is 1.05 bits per heavy atom. The zero-order valence-electron chi connectivity index (χ0n) is 11.2. The van der Waals surface area contributed by atoms with E-state index in [9.17, 15) is 0 Å². The molecule has 2 N–H and O–H groups in total. The first-order valence-corrected chi connectivity index (χ1v) is 6.12. The number of anilines is 1. The highest BCUT2D eigenvalue weighted by Crippen LogP contribution is 2.23. The van der Waals surface area contributed by atoms with Gasteiger partial charge in [0.05, 0.1) is 0 Å². The van der Waals surface area contributed by atoms with Crippen LogP contribution in [-0.4, -0.2) is 19.6 Å². The van der Waals surface area contributed by atoms with Crippen molar-refractivity contribution < 1.29 is 0 Å². The smallest absolute Gasteiger partial charge is 0.169 e. The predicted octanol–water partition coefficient (Wildman–Crippen LogP) is 2.30.